The second-order valence-electron chi connectivity index (χ2n) is 8.03. The molecule has 1 heterocycles. The highest BCUT2D eigenvalue weighted by molar-refractivity contribution is 7.88. The minimum Gasteiger partial charge on any atom is -0.349 e. The molecule has 2 unspecified atom stereocenters. The molecule has 0 spiro atoms. The molecule has 3 rings (SSSR count). The zero-order valence-corrected chi connectivity index (χ0v) is 20.1. The molecule has 1 aliphatic heterocycles. The van der Waals surface area contributed by atoms with E-state index in [-0.39, 0.29) is 30.2 Å². The highest BCUT2D eigenvalue weighted by atomic mass is 35.5. The van der Waals surface area contributed by atoms with Crippen LogP contribution in [0.5, 0.6) is 0 Å². The summed E-state index contributed by atoms with van der Waals surface area (Å²) in [6.07, 6.45) is 2.29. The number of nitrogens with one attached hydrogen (secondary N) is 1. The second kappa shape index (κ2) is 10.3. The van der Waals surface area contributed by atoms with Gasteiger partial charge in [-0.25, -0.2) is 12.7 Å². The second-order valence-corrected chi connectivity index (χ2v) is 10.8. The number of carbonyl (C=O) groups excluding carboxylic acids is 1. The molecule has 1 aliphatic rings. The van der Waals surface area contributed by atoms with Gasteiger partial charge in [0.15, 0.2) is 0 Å². The summed E-state index contributed by atoms with van der Waals surface area (Å²) in [6, 6.07) is 12.9. The predicted octanol–water partition coefficient (Wildman–Crippen LogP) is 4.98. The Morgan fingerprint density at radius 1 is 1.13 bits per heavy atom. The standard InChI is InChI=1S/C23H28Cl2N2O3S/c1-3-17-6-9-19(10-7-17)16(2)26-23(28)20-5-4-12-27(14-20)31(29,30)15-18-8-11-21(24)22(25)13-18/h6-11,13,16,20H,3-5,12,14-15H2,1-2H3,(H,26,28). The van der Waals surface area contributed by atoms with Crippen molar-refractivity contribution in [1.82, 2.24) is 9.62 Å². The summed E-state index contributed by atoms with van der Waals surface area (Å²) in [7, 11) is -3.57. The lowest BCUT2D eigenvalue weighted by Crippen LogP contribution is -2.46. The Kier molecular flexibility index (Phi) is 8.03. The Hall–Kier alpha value is -1.60. The first-order chi connectivity index (χ1) is 14.7. The van der Waals surface area contributed by atoms with Crippen LogP contribution in [0.15, 0.2) is 42.5 Å². The minimum atomic E-state index is -3.57. The average Bonchev–Trinajstić information content (AvgIpc) is 2.76. The maximum Gasteiger partial charge on any atom is 0.224 e. The van der Waals surface area contributed by atoms with E-state index in [1.165, 1.54) is 9.87 Å². The fourth-order valence-corrected chi connectivity index (χ4v) is 5.72. The summed E-state index contributed by atoms with van der Waals surface area (Å²) in [5, 5.41) is 3.76. The number of rotatable bonds is 7. The Bertz CT molecular complexity index is 1030. The molecule has 0 bridgehead atoms. The third-order valence-electron chi connectivity index (χ3n) is 5.73. The molecule has 31 heavy (non-hydrogen) atoms. The predicted molar refractivity (Wildman–Crippen MR) is 126 cm³/mol. The molecule has 0 radical (unpaired) electrons. The number of hydrogen-bond acceptors (Lipinski definition) is 3. The first-order valence-electron chi connectivity index (χ1n) is 10.5. The summed E-state index contributed by atoms with van der Waals surface area (Å²) >= 11 is 11.9. The highest BCUT2D eigenvalue weighted by Crippen LogP contribution is 2.26. The zero-order chi connectivity index (χ0) is 22.6. The van der Waals surface area contributed by atoms with Gasteiger partial charge in [0.1, 0.15) is 0 Å². The molecule has 168 valence electrons. The topological polar surface area (TPSA) is 66.5 Å². The van der Waals surface area contributed by atoms with Crippen molar-refractivity contribution in [3.8, 4) is 0 Å². The number of aryl methyl sites for hydroxylation is 1. The molecule has 1 saturated heterocycles. The Morgan fingerprint density at radius 3 is 2.45 bits per heavy atom. The van der Waals surface area contributed by atoms with Crippen LogP contribution >= 0.6 is 23.2 Å². The van der Waals surface area contributed by atoms with E-state index in [0.717, 1.165) is 12.0 Å². The SMILES string of the molecule is CCc1ccc(C(C)NC(=O)C2CCCN(S(=O)(=O)Cc3ccc(Cl)c(Cl)c3)C2)cc1. The van der Waals surface area contributed by atoms with Crippen molar-refractivity contribution in [2.75, 3.05) is 13.1 Å². The maximum absolute atomic E-state index is 12.9. The zero-order valence-electron chi connectivity index (χ0n) is 17.8. The van der Waals surface area contributed by atoms with Gasteiger partial charge in [0.05, 0.1) is 27.8 Å². The van der Waals surface area contributed by atoms with Crippen LogP contribution in [-0.2, 0) is 27.0 Å². The molecule has 8 heteroatoms. The Labute approximate surface area is 194 Å². The Balaban J connectivity index is 1.62. The van der Waals surface area contributed by atoms with Crippen molar-refractivity contribution in [1.29, 1.82) is 0 Å². The highest BCUT2D eigenvalue weighted by Gasteiger charge is 2.33. The van der Waals surface area contributed by atoms with Crippen LogP contribution in [0.3, 0.4) is 0 Å². The van der Waals surface area contributed by atoms with Gasteiger partial charge >= 0.3 is 0 Å². The van der Waals surface area contributed by atoms with Crippen molar-refractivity contribution in [2.24, 2.45) is 5.92 Å². The summed E-state index contributed by atoms with van der Waals surface area (Å²) in [5.74, 6) is -0.644. The van der Waals surface area contributed by atoms with Gasteiger partial charge in [-0.2, -0.15) is 0 Å². The summed E-state index contributed by atoms with van der Waals surface area (Å²) in [5.41, 5.74) is 2.85. The fourth-order valence-electron chi connectivity index (χ4n) is 3.80. The molecule has 1 N–H and O–H groups in total. The van der Waals surface area contributed by atoms with Gasteiger partial charge in [-0.3, -0.25) is 4.79 Å². The first kappa shape index (κ1) is 24.1. The molecule has 0 saturated carbocycles. The van der Waals surface area contributed by atoms with Crippen molar-refractivity contribution < 1.29 is 13.2 Å². The normalized spacial score (nSPS) is 18.5. The minimum absolute atomic E-state index is 0.110. The van der Waals surface area contributed by atoms with E-state index in [0.29, 0.717) is 35.0 Å². The van der Waals surface area contributed by atoms with Crippen LogP contribution in [0.25, 0.3) is 0 Å². The molecule has 2 aromatic rings. The summed E-state index contributed by atoms with van der Waals surface area (Å²) in [4.78, 5) is 12.9. The molecule has 1 amide bonds. The molecule has 2 atom stereocenters. The number of piperidine rings is 1. The number of halogens is 2. The van der Waals surface area contributed by atoms with Crippen LogP contribution in [0.2, 0.25) is 10.0 Å². The van der Waals surface area contributed by atoms with Crippen molar-refractivity contribution in [2.45, 2.75) is 44.9 Å². The third kappa shape index (κ3) is 6.22. The molecule has 5 nitrogen and oxygen atoms in total. The monoisotopic (exact) mass is 482 g/mol. The third-order valence-corrected chi connectivity index (χ3v) is 8.28. The number of sulfonamides is 1. The van der Waals surface area contributed by atoms with Gasteiger partial charge in [0, 0.05) is 13.1 Å². The van der Waals surface area contributed by atoms with E-state index < -0.39 is 10.0 Å². The fraction of sp³-hybridized carbons (Fsp3) is 0.435. The van der Waals surface area contributed by atoms with E-state index in [1.807, 2.05) is 19.1 Å². The smallest absolute Gasteiger partial charge is 0.224 e. The van der Waals surface area contributed by atoms with Gasteiger partial charge in [0.2, 0.25) is 15.9 Å². The van der Waals surface area contributed by atoms with Crippen molar-refractivity contribution >= 4 is 39.1 Å². The lowest BCUT2D eigenvalue weighted by Gasteiger charge is -2.32. The van der Waals surface area contributed by atoms with Gasteiger partial charge in [-0.05, 0) is 55.0 Å². The van der Waals surface area contributed by atoms with Crippen LogP contribution in [0.4, 0.5) is 0 Å². The molecular weight excluding hydrogens is 455 g/mol. The quantitative estimate of drug-likeness (QED) is 0.605. The van der Waals surface area contributed by atoms with Crippen LogP contribution in [0.1, 0.15) is 49.4 Å². The molecule has 0 aromatic heterocycles. The number of hydrogen-bond donors (Lipinski definition) is 1. The largest absolute Gasteiger partial charge is 0.349 e. The van der Waals surface area contributed by atoms with Gasteiger partial charge < -0.3 is 5.32 Å². The summed E-state index contributed by atoms with van der Waals surface area (Å²) < 4.78 is 27.3. The van der Waals surface area contributed by atoms with Gasteiger partial charge in [-0.15, -0.1) is 0 Å². The van der Waals surface area contributed by atoms with E-state index in [4.69, 9.17) is 23.2 Å². The molecular formula is C23H28Cl2N2O3S. The number of nitrogens with zero attached hydrogens (tertiary/aromatic N) is 1. The van der Waals surface area contributed by atoms with Crippen molar-refractivity contribution in [3.05, 3.63) is 69.2 Å². The first-order valence-corrected chi connectivity index (χ1v) is 12.9. The van der Waals surface area contributed by atoms with Crippen LogP contribution < -0.4 is 5.32 Å². The lowest BCUT2D eigenvalue weighted by atomic mass is 9.97. The molecule has 1 fully saturated rings. The number of amides is 1. The Morgan fingerprint density at radius 2 is 1.81 bits per heavy atom. The van der Waals surface area contributed by atoms with E-state index >= 15 is 0 Å². The van der Waals surface area contributed by atoms with Crippen LogP contribution in [-0.4, -0.2) is 31.7 Å². The van der Waals surface area contributed by atoms with Gasteiger partial charge in [-0.1, -0.05) is 60.5 Å². The molecule has 2 aromatic carbocycles. The van der Waals surface area contributed by atoms with Crippen LogP contribution in [0, 0.1) is 5.92 Å². The van der Waals surface area contributed by atoms with E-state index in [9.17, 15) is 13.2 Å². The molecule has 0 aliphatic carbocycles. The van der Waals surface area contributed by atoms with E-state index in [2.05, 4.69) is 24.4 Å². The maximum atomic E-state index is 12.9. The number of benzene rings is 2. The van der Waals surface area contributed by atoms with Crippen molar-refractivity contribution in [3.63, 3.8) is 0 Å². The lowest BCUT2D eigenvalue weighted by molar-refractivity contribution is -0.126. The average molecular weight is 483 g/mol. The van der Waals surface area contributed by atoms with Gasteiger partial charge in [0.25, 0.3) is 0 Å². The number of carbonyl (C=O) groups is 1. The summed E-state index contributed by atoms with van der Waals surface area (Å²) in [6.45, 7) is 4.66. The van der Waals surface area contributed by atoms with E-state index in [1.54, 1.807) is 18.2 Å².